The summed E-state index contributed by atoms with van der Waals surface area (Å²) >= 11 is -2.32. The van der Waals surface area contributed by atoms with E-state index in [4.69, 9.17) is 0 Å². The van der Waals surface area contributed by atoms with Gasteiger partial charge in [0.05, 0.1) is 12.4 Å². The van der Waals surface area contributed by atoms with Crippen molar-refractivity contribution in [2.75, 3.05) is 18.1 Å². The van der Waals surface area contributed by atoms with Crippen molar-refractivity contribution in [3.8, 4) is 0 Å². The Morgan fingerprint density at radius 3 is 2.45 bits per heavy atom. The zero-order chi connectivity index (χ0) is 8.91. The lowest BCUT2D eigenvalue weighted by atomic mass is 10.9. The van der Waals surface area contributed by atoms with Crippen molar-refractivity contribution < 1.29 is 21.4 Å². The van der Waals surface area contributed by atoms with Crippen molar-refractivity contribution >= 4 is 21.2 Å². The van der Waals surface area contributed by atoms with E-state index in [9.17, 15) is 17.2 Å². The highest BCUT2D eigenvalue weighted by Crippen LogP contribution is 1.92. The molecule has 7 heteroatoms. The van der Waals surface area contributed by atoms with Crippen LogP contribution < -0.4 is 0 Å². The highest BCUT2D eigenvalue weighted by atomic mass is 32.2. The van der Waals surface area contributed by atoms with Crippen molar-refractivity contribution in [3.05, 3.63) is 0 Å². The Kier molecular flexibility index (Phi) is 4.82. The minimum Gasteiger partial charge on any atom is -0.772 e. The van der Waals surface area contributed by atoms with E-state index in [1.807, 2.05) is 0 Å². The van der Waals surface area contributed by atoms with Gasteiger partial charge in [-0.1, -0.05) is 11.1 Å². The van der Waals surface area contributed by atoms with Crippen LogP contribution in [0.1, 0.15) is 6.92 Å². The molecule has 0 aromatic heterocycles. The molecule has 1 atom stereocenters. The van der Waals surface area contributed by atoms with Crippen LogP contribution in [0.4, 0.5) is 0 Å². The van der Waals surface area contributed by atoms with Crippen molar-refractivity contribution in [1.29, 1.82) is 0 Å². The minimum atomic E-state index is -3.62. The van der Waals surface area contributed by atoms with Crippen molar-refractivity contribution in [1.82, 2.24) is 0 Å². The summed E-state index contributed by atoms with van der Waals surface area (Å²) in [6, 6.07) is 0. The largest absolute Gasteiger partial charge is 0.772 e. The molecule has 5 nitrogen and oxygen atoms in total. The lowest BCUT2D eigenvalue weighted by Gasteiger charge is -2.04. The summed E-state index contributed by atoms with van der Waals surface area (Å²) in [6.45, 7) is 1.56. The molecule has 0 fully saturated rings. The standard InChI is InChI=1S/C4H10O5S2/c1-2-9-11(7,8)4-3-10(5)6/h2-4H2,1H3,(H,5,6)/p-1. The van der Waals surface area contributed by atoms with Crippen molar-refractivity contribution in [2.45, 2.75) is 6.92 Å². The third kappa shape index (κ3) is 6.42. The quantitative estimate of drug-likeness (QED) is 0.431. The van der Waals surface area contributed by atoms with Gasteiger partial charge >= 0.3 is 0 Å². The molecule has 0 amide bonds. The second-order valence-electron chi connectivity index (χ2n) is 1.68. The second kappa shape index (κ2) is 4.81. The van der Waals surface area contributed by atoms with E-state index in [2.05, 4.69) is 4.18 Å². The zero-order valence-corrected chi connectivity index (χ0v) is 7.61. The Bertz CT molecular complexity index is 219. The Morgan fingerprint density at radius 2 is 2.09 bits per heavy atom. The molecule has 68 valence electrons. The van der Waals surface area contributed by atoms with Crippen LogP contribution in [0.15, 0.2) is 0 Å². The smallest absolute Gasteiger partial charge is 0.268 e. The molecule has 0 aliphatic heterocycles. The molecule has 0 rings (SSSR count). The molecule has 0 saturated carbocycles. The molecule has 0 aliphatic carbocycles. The first-order chi connectivity index (χ1) is 4.98. The summed E-state index contributed by atoms with van der Waals surface area (Å²) in [5.74, 6) is -0.890. The fourth-order valence-corrected chi connectivity index (χ4v) is 2.25. The van der Waals surface area contributed by atoms with Crippen molar-refractivity contribution in [2.24, 2.45) is 0 Å². The third-order valence-electron chi connectivity index (χ3n) is 0.797. The van der Waals surface area contributed by atoms with E-state index in [1.54, 1.807) is 0 Å². The maximum absolute atomic E-state index is 10.6. The molecule has 0 bridgehead atoms. The van der Waals surface area contributed by atoms with Gasteiger partial charge in [-0.25, -0.2) is 0 Å². The van der Waals surface area contributed by atoms with E-state index >= 15 is 0 Å². The molecule has 1 unspecified atom stereocenters. The van der Waals surface area contributed by atoms with Gasteiger partial charge in [0.2, 0.25) is 0 Å². The van der Waals surface area contributed by atoms with Crippen LogP contribution in [-0.2, 0) is 25.4 Å². The lowest BCUT2D eigenvalue weighted by Crippen LogP contribution is -2.15. The highest BCUT2D eigenvalue weighted by Gasteiger charge is 2.08. The predicted octanol–water partition coefficient (Wildman–Crippen LogP) is -0.768. The normalized spacial score (nSPS) is 14.7. The van der Waals surface area contributed by atoms with Crippen LogP contribution in [0.25, 0.3) is 0 Å². The van der Waals surface area contributed by atoms with Gasteiger partial charge in [-0.3, -0.25) is 8.39 Å². The summed E-state index contributed by atoms with van der Waals surface area (Å²) in [6.07, 6.45) is 0. The molecule has 0 aromatic rings. The first kappa shape index (κ1) is 11.0. The average Bonchev–Trinajstić information content (AvgIpc) is 1.84. The Hall–Kier alpha value is 0.0200. The predicted molar refractivity (Wildman–Crippen MR) is 39.2 cm³/mol. The molecule has 0 N–H and O–H groups in total. The average molecular weight is 201 g/mol. The van der Waals surface area contributed by atoms with Gasteiger partial charge in [-0.05, 0) is 6.92 Å². The third-order valence-corrected chi connectivity index (χ3v) is 2.89. The topological polar surface area (TPSA) is 83.5 Å². The van der Waals surface area contributed by atoms with E-state index in [0.717, 1.165) is 0 Å². The molecular weight excluding hydrogens is 192 g/mol. The molecular formula is C4H9O5S2-. The molecule has 0 aromatic carbocycles. The van der Waals surface area contributed by atoms with E-state index in [0.29, 0.717) is 0 Å². The van der Waals surface area contributed by atoms with Crippen LogP contribution >= 0.6 is 0 Å². The van der Waals surface area contributed by atoms with Crippen LogP contribution in [0, 0.1) is 0 Å². The van der Waals surface area contributed by atoms with E-state index < -0.39 is 32.7 Å². The van der Waals surface area contributed by atoms with Gasteiger partial charge in [-0.15, -0.1) is 0 Å². The van der Waals surface area contributed by atoms with Gasteiger partial charge in [0.15, 0.2) is 0 Å². The van der Waals surface area contributed by atoms with Gasteiger partial charge in [0.25, 0.3) is 10.1 Å². The fraction of sp³-hybridized carbons (Fsp3) is 1.00. The van der Waals surface area contributed by atoms with Crippen LogP contribution in [0.2, 0.25) is 0 Å². The van der Waals surface area contributed by atoms with Gasteiger partial charge in [0, 0.05) is 5.75 Å². The fourth-order valence-electron chi connectivity index (χ4n) is 0.409. The summed E-state index contributed by atoms with van der Waals surface area (Å²) in [5.41, 5.74) is 0. The first-order valence-electron chi connectivity index (χ1n) is 2.91. The Morgan fingerprint density at radius 1 is 1.55 bits per heavy atom. The first-order valence-corrected chi connectivity index (χ1v) is 5.73. The van der Waals surface area contributed by atoms with Crippen molar-refractivity contribution in [3.63, 3.8) is 0 Å². The molecule has 0 radical (unpaired) electrons. The van der Waals surface area contributed by atoms with E-state index in [1.165, 1.54) is 6.92 Å². The number of hydrogen-bond acceptors (Lipinski definition) is 5. The monoisotopic (exact) mass is 201 g/mol. The van der Waals surface area contributed by atoms with Gasteiger partial charge in [0.1, 0.15) is 0 Å². The maximum Gasteiger partial charge on any atom is 0.268 e. The SMILES string of the molecule is CCOS(=O)(=O)CCS(=O)[O-]. The Labute approximate surface area is 68.2 Å². The molecule has 11 heavy (non-hydrogen) atoms. The Balaban J connectivity index is 3.84. The van der Waals surface area contributed by atoms with Gasteiger partial charge in [-0.2, -0.15) is 8.42 Å². The summed E-state index contributed by atoms with van der Waals surface area (Å²) < 4.78 is 45.4. The molecule has 0 saturated heterocycles. The van der Waals surface area contributed by atoms with Crippen LogP contribution in [-0.4, -0.2) is 35.3 Å². The van der Waals surface area contributed by atoms with Gasteiger partial charge < -0.3 is 4.55 Å². The van der Waals surface area contributed by atoms with E-state index in [-0.39, 0.29) is 6.61 Å². The van der Waals surface area contributed by atoms with Crippen LogP contribution in [0.3, 0.4) is 0 Å². The summed E-state index contributed by atoms with van der Waals surface area (Å²) in [7, 11) is -3.62. The molecule has 0 aliphatic rings. The second-order valence-corrected chi connectivity index (χ2v) is 4.45. The highest BCUT2D eigenvalue weighted by molar-refractivity contribution is 7.88. The maximum atomic E-state index is 10.6. The molecule has 0 spiro atoms. The number of rotatable bonds is 5. The summed E-state index contributed by atoms with van der Waals surface area (Å²) in [5, 5.41) is 0. The minimum absolute atomic E-state index is 0.0355. The molecule has 0 heterocycles. The number of hydrogen-bond donors (Lipinski definition) is 0. The van der Waals surface area contributed by atoms with Crippen LogP contribution in [0.5, 0.6) is 0 Å². The summed E-state index contributed by atoms with van der Waals surface area (Å²) in [4.78, 5) is 0. The lowest BCUT2D eigenvalue weighted by molar-refractivity contribution is 0.339. The zero-order valence-electron chi connectivity index (χ0n) is 5.98.